The van der Waals surface area contributed by atoms with E-state index in [2.05, 4.69) is 5.32 Å². The number of rotatable bonds is 2. The molecule has 0 radical (unpaired) electrons. The Bertz CT molecular complexity index is 1120. The zero-order valence-corrected chi connectivity index (χ0v) is 14.8. The first-order chi connectivity index (χ1) is 12.9. The average molecular weight is 384 g/mol. The number of benzene rings is 3. The van der Waals surface area contributed by atoms with E-state index in [0.29, 0.717) is 16.3 Å². The summed E-state index contributed by atoms with van der Waals surface area (Å²) in [4.78, 5) is 25.4. The van der Waals surface area contributed by atoms with Gasteiger partial charge >= 0.3 is 0 Å². The SMILES string of the molecule is Cc1cccc(Cl)c1Nc1cc(F)c2c(c1F)C(=O)c1ccccc1C2=O. The van der Waals surface area contributed by atoms with E-state index in [1.165, 1.54) is 12.1 Å². The first kappa shape index (κ1) is 17.4. The second-order valence-corrected chi connectivity index (χ2v) is 6.64. The van der Waals surface area contributed by atoms with Gasteiger partial charge in [0.05, 0.1) is 27.5 Å². The fourth-order valence-electron chi connectivity index (χ4n) is 3.23. The van der Waals surface area contributed by atoms with E-state index >= 15 is 4.39 Å². The Morgan fingerprint density at radius 1 is 0.889 bits per heavy atom. The molecule has 3 aromatic carbocycles. The Morgan fingerprint density at radius 2 is 1.52 bits per heavy atom. The Labute approximate surface area is 158 Å². The Balaban J connectivity index is 1.91. The number of carbonyl (C=O) groups is 2. The van der Waals surface area contributed by atoms with Crippen molar-refractivity contribution >= 4 is 34.5 Å². The molecule has 0 aromatic heterocycles. The molecule has 0 spiro atoms. The van der Waals surface area contributed by atoms with Crippen LogP contribution in [-0.2, 0) is 0 Å². The average Bonchev–Trinajstić information content (AvgIpc) is 2.65. The number of para-hydroxylation sites is 1. The van der Waals surface area contributed by atoms with Gasteiger partial charge in [-0.1, -0.05) is 48.0 Å². The standard InChI is InChI=1S/C21H12ClF2NO2/c1-10-5-4-8-13(22)19(10)25-15-9-14(23)16-17(18(15)24)21(27)12-7-3-2-6-11(12)20(16)26/h2-9,25H,1H3. The zero-order chi connectivity index (χ0) is 19.3. The number of ketones is 2. The summed E-state index contributed by atoms with van der Waals surface area (Å²) in [6.07, 6.45) is 0. The van der Waals surface area contributed by atoms with Crippen LogP contribution in [0.3, 0.4) is 0 Å². The molecule has 6 heteroatoms. The van der Waals surface area contributed by atoms with Gasteiger partial charge in [0.1, 0.15) is 5.82 Å². The van der Waals surface area contributed by atoms with Crippen molar-refractivity contribution in [3.8, 4) is 0 Å². The molecule has 0 atom stereocenters. The van der Waals surface area contributed by atoms with Gasteiger partial charge in [-0.2, -0.15) is 0 Å². The summed E-state index contributed by atoms with van der Waals surface area (Å²) in [6, 6.07) is 11.9. The molecule has 0 saturated carbocycles. The van der Waals surface area contributed by atoms with Crippen molar-refractivity contribution in [1.29, 1.82) is 0 Å². The molecule has 0 fully saturated rings. The number of fused-ring (bicyclic) bond motifs is 2. The quantitative estimate of drug-likeness (QED) is 0.501. The fraction of sp³-hybridized carbons (Fsp3) is 0.0476. The molecule has 0 bridgehead atoms. The number of nitrogens with one attached hydrogen (secondary N) is 1. The normalized spacial score (nSPS) is 12.6. The number of anilines is 2. The number of aryl methyl sites for hydroxylation is 1. The minimum atomic E-state index is -0.987. The van der Waals surface area contributed by atoms with Gasteiger partial charge in [-0.25, -0.2) is 8.78 Å². The molecule has 1 aliphatic rings. The predicted octanol–water partition coefficient (Wildman–Crippen LogP) is 5.45. The zero-order valence-electron chi connectivity index (χ0n) is 14.1. The molecule has 1 N–H and O–H groups in total. The van der Waals surface area contributed by atoms with E-state index < -0.39 is 34.3 Å². The van der Waals surface area contributed by atoms with Crippen LogP contribution in [0.25, 0.3) is 0 Å². The van der Waals surface area contributed by atoms with E-state index in [4.69, 9.17) is 11.6 Å². The van der Waals surface area contributed by atoms with Crippen molar-refractivity contribution in [3.63, 3.8) is 0 Å². The topological polar surface area (TPSA) is 46.2 Å². The summed E-state index contributed by atoms with van der Waals surface area (Å²) in [6.45, 7) is 1.76. The monoisotopic (exact) mass is 383 g/mol. The molecule has 3 aromatic rings. The Morgan fingerprint density at radius 3 is 2.15 bits per heavy atom. The molecule has 0 unspecified atom stereocenters. The Hall–Kier alpha value is -3.05. The molecule has 134 valence electrons. The lowest BCUT2D eigenvalue weighted by Gasteiger charge is -2.21. The van der Waals surface area contributed by atoms with Crippen molar-refractivity contribution in [2.24, 2.45) is 0 Å². The van der Waals surface area contributed by atoms with E-state index in [0.717, 1.165) is 6.07 Å². The molecule has 0 saturated heterocycles. The van der Waals surface area contributed by atoms with Crippen LogP contribution in [0.1, 0.15) is 37.4 Å². The van der Waals surface area contributed by atoms with E-state index in [1.807, 2.05) is 0 Å². The molecule has 1 aliphatic carbocycles. The van der Waals surface area contributed by atoms with Gasteiger partial charge in [-0.05, 0) is 18.6 Å². The predicted molar refractivity (Wildman–Crippen MR) is 99.1 cm³/mol. The van der Waals surface area contributed by atoms with Crippen LogP contribution in [0.2, 0.25) is 5.02 Å². The van der Waals surface area contributed by atoms with Crippen LogP contribution in [0, 0.1) is 18.6 Å². The summed E-state index contributed by atoms with van der Waals surface area (Å²) in [5.41, 5.74) is -0.137. The minimum absolute atomic E-state index is 0.0550. The maximum atomic E-state index is 15.2. The third-order valence-corrected chi connectivity index (χ3v) is 4.88. The fourth-order valence-corrected chi connectivity index (χ4v) is 3.49. The van der Waals surface area contributed by atoms with Gasteiger partial charge in [0.25, 0.3) is 0 Å². The van der Waals surface area contributed by atoms with Gasteiger partial charge in [-0.3, -0.25) is 9.59 Å². The van der Waals surface area contributed by atoms with E-state index in [-0.39, 0.29) is 16.8 Å². The maximum Gasteiger partial charge on any atom is 0.197 e. The second kappa shape index (κ2) is 6.28. The number of hydrogen-bond donors (Lipinski definition) is 1. The summed E-state index contributed by atoms with van der Waals surface area (Å²) < 4.78 is 29.9. The smallest absolute Gasteiger partial charge is 0.197 e. The highest BCUT2D eigenvalue weighted by Crippen LogP contribution is 2.36. The van der Waals surface area contributed by atoms with Crippen LogP contribution in [0.15, 0.2) is 48.5 Å². The molecule has 0 heterocycles. The highest BCUT2D eigenvalue weighted by molar-refractivity contribution is 6.33. The molecule has 3 nitrogen and oxygen atoms in total. The van der Waals surface area contributed by atoms with E-state index in [9.17, 15) is 14.0 Å². The molecule has 0 aliphatic heterocycles. The van der Waals surface area contributed by atoms with Crippen LogP contribution in [0.5, 0.6) is 0 Å². The van der Waals surface area contributed by atoms with Gasteiger partial charge in [-0.15, -0.1) is 0 Å². The van der Waals surface area contributed by atoms with Gasteiger partial charge in [0, 0.05) is 17.2 Å². The lowest BCUT2D eigenvalue weighted by atomic mass is 9.83. The molecular weight excluding hydrogens is 372 g/mol. The van der Waals surface area contributed by atoms with Gasteiger partial charge in [0.15, 0.2) is 17.4 Å². The molecule has 4 rings (SSSR count). The van der Waals surface area contributed by atoms with Gasteiger partial charge in [0.2, 0.25) is 0 Å². The van der Waals surface area contributed by atoms with Crippen molar-refractivity contribution in [2.45, 2.75) is 6.92 Å². The first-order valence-electron chi connectivity index (χ1n) is 8.12. The summed E-state index contributed by atoms with van der Waals surface area (Å²) in [5, 5.41) is 3.07. The highest BCUT2D eigenvalue weighted by Gasteiger charge is 2.36. The van der Waals surface area contributed by atoms with Crippen molar-refractivity contribution < 1.29 is 18.4 Å². The largest absolute Gasteiger partial charge is 0.352 e. The van der Waals surface area contributed by atoms with Gasteiger partial charge < -0.3 is 5.32 Å². The number of carbonyl (C=O) groups excluding carboxylic acids is 2. The molecule has 27 heavy (non-hydrogen) atoms. The highest BCUT2D eigenvalue weighted by atomic mass is 35.5. The summed E-state index contributed by atoms with van der Waals surface area (Å²) in [7, 11) is 0. The second-order valence-electron chi connectivity index (χ2n) is 6.23. The van der Waals surface area contributed by atoms with Crippen LogP contribution in [-0.4, -0.2) is 11.6 Å². The summed E-state index contributed by atoms with van der Waals surface area (Å²) in [5.74, 6) is -3.39. The van der Waals surface area contributed by atoms with Crippen molar-refractivity contribution in [1.82, 2.24) is 0 Å². The lowest BCUT2D eigenvalue weighted by Crippen LogP contribution is -2.24. The maximum absolute atomic E-state index is 15.2. The van der Waals surface area contributed by atoms with E-state index in [1.54, 1.807) is 37.3 Å². The Kier molecular flexibility index (Phi) is 4.04. The van der Waals surface area contributed by atoms with Crippen molar-refractivity contribution in [2.75, 3.05) is 5.32 Å². The van der Waals surface area contributed by atoms with Crippen LogP contribution in [0.4, 0.5) is 20.2 Å². The summed E-state index contributed by atoms with van der Waals surface area (Å²) >= 11 is 6.13. The van der Waals surface area contributed by atoms with Crippen molar-refractivity contribution in [3.05, 3.63) is 93.0 Å². The first-order valence-corrected chi connectivity index (χ1v) is 8.50. The van der Waals surface area contributed by atoms with Crippen LogP contribution < -0.4 is 5.32 Å². The number of hydrogen-bond acceptors (Lipinski definition) is 3. The number of halogens is 3. The minimum Gasteiger partial charge on any atom is -0.352 e. The third-order valence-electron chi connectivity index (χ3n) is 4.57. The van der Waals surface area contributed by atoms with Crippen LogP contribution >= 0.6 is 11.6 Å². The molecular formula is C21H12ClF2NO2. The molecule has 0 amide bonds. The lowest BCUT2D eigenvalue weighted by molar-refractivity contribution is 0.0972. The third kappa shape index (κ3) is 2.62.